The molecule has 0 unspecified atom stereocenters. The molecule has 7 nitrogen and oxygen atoms in total. The monoisotopic (exact) mass is 513 g/mol. The zero-order valence-corrected chi connectivity index (χ0v) is 22.1. The zero-order valence-electron chi connectivity index (χ0n) is 21.2. The first-order chi connectivity index (χ1) is 18.0. The number of piperidine rings is 1. The number of likely N-dealkylation sites (tertiary alicyclic amines) is 1. The molecule has 2 aromatic carbocycles. The Morgan fingerprint density at radius 3 is 2.59 bits per heavy atom. The molecule has 1 aromatic heterocycles. The van der Waals surface area contributed by atoms with Gasteiger partial charge in [-0.05, 0) is 43.4 Å². The standard InChI is InChI=1S/C29H31N5O2S/c1-21-10-12-22(13-11-21)17-31-28(35)25-19-37-27(26(25)32-20-34-14-6-3-7-15-34)29(36)33(2)18-24-9-5-4-8-23(24)16-30/h4-5,8-13,19-20H,3,6-7,14-15,17-18H2,1-2H3,(H,31,35)/b32-20+. The molecule has 0 aliphatic carbocycles. The summed E-state index contributed by atoms with van der Waals surface area (Å²) >= 11 is 1.22. The molecule has 1 aliphatic rings. The molecule has 37 heavy (non-hydrogen) atoms. The lowest BCUT2D eigenvalue weighted by molar-refractivity contribution is 0.0790. The Kier molecular flexibility index (Phi) is 8.70. The van der Waals surface area contributed by atoms with Gasteiger partial charge in [-0.2, -0.15) is 5.26 Å². The minimum atomic E-state index is -0.265. The maximum atomic E-state index is 13.5. The van der Waals surface area contributed by atoms with E-state index in [4.69, 9.17) is 0 Å². The first-order valence-corrected chi connectivity index (χ1v) is 13.3. The molecule has 3 aromatic rings. The van der Waals surface area contributed by atoms with E-state index in [0.29, 0.717) is 28.2 Å². The summed E-state index contributed by atoms with van der Waals surface area (Å²) in [6.07, 6.45) is 5.17. The summed E-state index contributed by atoms with van der Waals surface area (Å²) in [5.41, 5.74) is 4.24. The summed E-state index contributed by atoms with van der Waals surface area (Å²) in [4.78, 5) is 35.5. The van der Waals surface area contributed by atoms with E-state index in [9.17, 15) is 14.9 Å². The molecule has 0 saturated carbocycles. The van der Waals surface area contributed by atoms with Gasteiger partial charge in [0, 0.05) is 38.6 Å². The van der Waals surface area contributed by atoms with Gasteiger partial charge in [0.1, 0.15) is 10.6 Å². The average molecular weight is 514 g/mol. The van der Waals surface area contributed by atoms with E-state index in [2.05, 4.69) is 21.3 Å². The van der Waals surface area contributed by atoms with Crippen LogP contribution in [0.5, 0.6) is 0 Å². The van der Waals surface area contributed by atoms with Crippen molar-refractivity contribution < 1.29 is 9.59 Å². The second-order valence-electron chi connectivity index (χ2n) is 9.27. The van der Waals surface area contributed by atoms with Crippen LogP contribution in [-0.2, 0) is 13.1 Å². The number of nitrogens with one attached hydrogen (secondary N) is 1. The summed E-state index contributed by atoms with van der Waals surface area (Å²) in [7, 11) is 1.70. The highest BCUT2D eigenvalue weighted by atomic mass is 32.1. The number of nitrogens with zero attached hydrogens (tertiary/aromatic N) is 4. The molecule has 1 N–H and O–H groups in total. The first kappa shape index (κ1) is 26.1. The normalized spacial score (nSPS) is 13.4. The molecular formula is C29H31N5O2S. The molecule has 190 valence electrons. The number of carbonyl (C=O) groups is 2. The van der Waals surface area contributed by atoms with Gasteiger partial charge >= 0.3 is 0 Å². The maximum Gasteiger partial charge on any atom is 0.266 e. The molecule has 0 spiro atoms. The number of aliphatic imine (C=N–C) groups is 1. The minimum Gasteiger partial charge on any atom is -0.363 e. The third-order valence-electron chi connectivity index (χ3n) is 6.41. The van der Waals surface area contributed by atoms with Gasteiger partial charge in [-0.15, -0.1) is 11.3 Å². The van der Waals surface area contributed by atoms with Crippen molar-refractivity contribution in [2.75, 3.05) is 20.1 Å². The Bertz CT molecular complexity index is 1320. The van der Waals surface area contributed by atoms with Gasteiger partial charge < -0.3 is 15.1 Å². The molecule has 0 radical (unpaired) electrons. The van der Waals surface area contributed by atoms with E-state index < -0.39 is 0 Å². The van der Waals surface area contributed by atoms with E-state index in [0.717, 1.165) is 42.6 Å². The Labute approximate surface area is 222 Å². The number of hydrogen-bond donors (Lipinski definition) is 1. The van der Waals surface area contributed by atoms with Gasteiger partial charge in [-0.3, -0.25) is 9.59 Å². The average Bonchev–Trinajstić information content (AvgIpc) is 3.35. The van der Waals surface area contributed by atoms with E-state index in [1.165, 1.54) is 17.8 Å². The van der Waals surface area contributed by atoms with Crippen LogP contribution in [0.1, 0.15) is 61.5 Å². The number of amides is 2. The fraction of sp³-hybridized carbons (Fsp3) is 0.310. The van der Waals surface area contributed by atoms with E-state index >= 15 is 0 Å². The minimum absolute atomic E-state index is 0.235. The molecule has 1 fully saturated rings. The van der Waals surface area contributed by atoms with Crippen LogP contribution in [0.25, 0.3) is 0 Å². The molecule has 2 amide bonds. The predicted molar refractivity (Wildman–Crippen MR) is 147 cm³/mol. The molecule has 4 rings (SSSR count). The van der Waals surface area contributed by atoms with Crippen LogP contribution in [0.2, 0.25) is 0 Å². The third kappa shape index (κ3) is 6.63. The van der Waals surface area contributed by atoms with Crippen LogP contribution < -0.4 is 5.32 Å². The van der Waals surface area contributed by atoms with E-state index in [-0.39, 0.29) is 18.4 Å². The summed E-state index contributed by atoms with van der Waals surface area (Å²) in [6.45, 7) is 4.52. The third-order valence-corrected chi connectivity index (χ3v) is 7.37. The van der Waals surface area contributed by atoms with Crippen molar-refractivity contribution in [1.29, 1.82) is 5.26 Å². The van der Waals surface area contributed by atoms with Crippen molar-refractivity contribution in [3.63, 3.8) is 0 Å². The molecular weight excluding hydrogens is 482 g/mol. The van der Waals surface area contributed by atoms with Crippen LogP contribution in [-0.4, -0.2) is 48.1 Å². The van der Waals surface area contributed by atoms with Crippen molar-refractivity contribution in [2.24, 2.45) is 4.99 Å². The smallest absolute Gasteiger partial charge is 0.266 e. The molecule has 0 bridgehead atoms. The van der Waals surface area contributed by atoms with Crippen molar-refractivity contribution in [1.82, 2.24) is 15.1 Å². The number of aryl methyl sites for hydroxylation is 1. The van der Waals surface area contributed by atoms with Crippen molar-refractivity contribution in [3.05, 3.63) is 86.6 Å². The fourth-order valence-electron chi connectivity index (χ4n) is 4.22. The van der Waals surface area contributed by atoms with E-state index in [1.54, 1.807) is 35.8 Å². The molecule has 2 heterocycles. The van der Waals surface area contributed by atoms with Crippen LogP contribution >= 0.6 is 11.3 Å². The summed E-state index contributed by atoms with van der Waals surface area (Å²) in [6, 6.07) is 17.4. The fourth-order valence-corrected chi connectivity index (χ4v) is 5.20. The lowest BCUT2D eigenvalue weighted by Crippen LogP contribution is -2.28. The van der Waals surface area contributed by atoms with Crippen LogP contribution in [0.3, 0.4) is 0 Å². The van der Waals surface area contributed by atoms with Gasteiger partial charge in [-0.1, -0.05) is 48.0 Å². The predicted octanol–water partition coefficient (Wildman–Crippen LogP) is 5.28. The summed E-state index contributed by atoms with van der Waals surface area (Å²) in [5.74, 6) is -0.500. The zero-order chi connectivity index (χ0) is 26.2. The van der Waals surface area contributed by atoms with Crippen molar-refractivity contribution in [2.45, 2.75) is 39.3 Å². The lowest BCUT2D eigenvalue weighted by atomic mass is 10.1. The number of nitriles is 1. The van der Waals surface area contributed by atoms with Gasteiger partial charge in [0.25, 0.3) is 11.8 Å². The maximum absolute atomic E-state index is 13.5. The van der Waals surface area contributed by atoms with Gasteiger partial charge in [-0.25, -0.2) is 4.99 Å². The number of benzene rings is 2. The van der Waals surface area contributed by atoms with Gasteiger partial charge in [0.05, 0.1) is 23.5 Å². The number of rotatable bonds is 8. The second kappa shape index (κ2) is 12.3. The molecule has 8 heteroatoms. The second-order valence-corrected chi connectivity index (χ2v) is 10.1. The quantitative estimate of drug-likeness (QED) is 0.328. The Morgan fingerprint density at radius 2 is 1.86 bits per heavy atom. The van der Waals surface area contributed by atoms with E-state index in [1.807, 2.05) is 43.3 Å². The van der Waals surface area contributed by atoms with Gasteiger partial charge in [0.15, 0.2) is 0 Å². The topological polar surface area (TPSA) is 88.8 Å². The highest BCUT2D eigenvalue weighted by Crippen LogP contribution is 2.33. The molecule has 0 atom stereocenters. The Hall–Kier alpha value is -3.96. The SMILES string of the molecule is Cc1ccc(CNC(=O)c2csc(C(=O)N(C)Cc3ccccc3C#N)c2/N=C/N2CCCCC2)cc1. The Morgan fingerprint density at radius 1 is 1.14 bits per heavy atom. The van der Waals surface area contributed by atoms with Crippen molar-refractivity contribution in [3.8, 4) is 6.07 Å². The van der Waals surface area contributed by atoms with Crippen LogP contribution in [0, 0.1) is 18.3 Å². The Balaban J connectivity index is 1.57. The number of thiophene rings is 1. The number of hydrogen-bond acceptors (Lipinski definition) is 5. The highest BCUT2D eigenvalue weighted by Gasteiger charge is 2.25. The first-order valence-electron chi connectivity index (χ1n) is 12.4. The number of carbonyl (C=O) groups excluding carboxylic acids is 2. The molecule has 1 aliphatic heterocycles. The van der Waals surface area contributed by atoms with Crippen LogP contribution in [0.4, 0.5) is 5.69 Å². The largest absolute Gasteiger partial charge is 0.363 e. The lowest BCUT2D eigenvalue weighted by Gasteiger charge is -2.24. The van der Waals surface area contributed by atoms with Gasteiger partial charge in [0.2, 0.25) is 0 Å². The summed E-state index contributed by atoms with van der Waals surface area (Å²) in [5, 5.41) is 14.1. The highest BCUT2D eigenvalue weighted by molar-refractivity contribution is 7.13. The van der Waals surface area contributed by atoms with Crippen LogP contribution in [0.15, 0.2) is 58.9 Å². The molecule has 1 saturated heterocycles. The summed E-state index contributed by atoms with van der Waals surface area (Å²) < 4.78 is 0. The van der Waals surface area contributed by atoms with Crippen molar-refractivity contribution >= 4 is 35.2 Å².